The summed E-state index contributed by atoms with van der Waals surface area (Å²) in [6.07, 6.45) is 0. The fourth-order valence-corrected chi connectivity index (χ4v) is 3.51. The molecular formula is C14H14BF4IO. The van der Waals surface area contributed by atoms with Gasteiger partial charge in [-0.15, -0.1) is 0 Å². The molecule has 2 rings (SSSR count). The first-order chi connectivity index (χ1) is 9.78. The highest BCUT2D eigenvalue weighted by Crippen LogP contribution is 2.07. The molecule has 1 nitrogen and oxygen atoms in total. The van der Waals surface area contributed by atoms with E-state index in [2.05, 4.69) is 43.3 Å². The van der Waals surface area contributed by atoms with E-state index in [4.69, 9.17) is 4.74 Å². The first kappa shape index (κ1) is 17.8. The van der Waals surface area contributed by atoms with Crippen molar-refractivity contribution in [3.63, 3.8) is 0 Å². The Labute approximate surface area is 131 Å². The Hall–Kier alpha value is -1.25. The molecule has 0 N–H and O–H groups in total. The van der Waals surface area contributed by atoms with Gasteiger partial charge in [0.15, 0.2) is 7.14 Å². The Morgan fingerprint density at radius 2 is 1.19 bits per heavy atom. The molecule has 0 fully saturated rings. The Kier molecular flexibility index (Phi) is 7.00. The third-order valence-corrected chi connectivity index (χ3v) is 4.96. The largest absolute Gasteiger partial charge is 0.673 e. The van der Waals surface area contributed by atoms with Crippen molar-refractivity contribution in [3.05, 3.63) is 61.2 Å². The van der Waals surface area contributed by atoms with Gasteiger partial charge in [0, 0.05) is 0 Å². The molecule has 0 amide bonds. The van der Waals surface area contributed by atoms with Gasteiger partial charge in [-0.05, 0) is 43.3 Å². The van der Waals surface area contributed by atoms with Gasteiger partial charge in [-0.25, -0.2) is 0 Å². The maximum absolute atomic E-state index is 9.75. The van der Waals surface area contributed by atoms with Crippen LogP contribution in [0.4, 0.5) is 17.3 Å². The molecule has 0 atom stereocenters. The van der Waals surface area contributed by atoms with E-state index in [1.807, 2.05) is 12.1 Å². The predicted molar refractivity (Wildman–Crippen MR) is 71.8 cm³/mol. The Morgan fingerprint density at radius 3 is 1.57 bits per heavy atom. The molecule has 2 aromatic rings. The summed E-state index contributed by atoms with van der Waals surface area (Å²) in [6, 6.07) is 17.2. The lowest BCUT2D eigenvalue weighted by Gasteiger charge is -1.95. The van der Waals surface area contributed by atoms with E-state index < -0.39 is 7.25 Å². The minimum Gasteiger partial charge on any atom is -0.497 e. The summed E-state index contributed by atoms with van der Waals surface area (Å²) < 4.78 is 47.0. The van der Waals surface area contributed by atoms with Gasteiger partial charge in [0.05, 0.1) is 7.11 Å². The zero-order chi connectivity index (χ0) is 15.9. The number of ether oxygens (including phenoxy) is 1. The molecule has 0 bridgehead atoms. The van der Waals surface area contributed by atoms with Crippen LogP contribution in [0.25, 0.3) is 0 Å². The zero-order valence-corrected chi connectivity index (χ0v) is 13.7. The van der Waals surface area contributed by atoms with Gasteiger partial charge >= 0.3 is 28.5 Å². The first-order valence-electron chi connectivity index (χ1n) is 6.01. The van der Waals surface area contributed by atoms with Gasteiger partial charge in [-0.3, -0.25) is 0 Å². The number of aryl methyl sites for hydroxylation is 1. The second-order valence-electron chi connectivity index (χ2n) is 4.04. The van der Waals surface area contributed by atoms with Crippen LogP contribution in [0.2, 0.25) is 0 Å². The van der Waals surface area contributed by atoms with E-state index in [-0.39, 0.29) is 21.2 Å². The van der Waals surface area contributed by atoms with Crippen LogP contribution in [0.1, 0.15) is 5.56 Å². The van der Waals surface area contributed by atoms with Crippen LogP contribution in [0.5, 0.6) is 5.75 Å². The van der Waals surface area contributed by atoms with Crippen LogP contribution >= 0.6 is 0 Å². The lowest BCUT2D eigenvalue weighted by Crippen LogP contribution is -3.61. The number of hydrogen-bond acceptors (Lipinski definition) is 1. The summed E-state index contributed by atoms with van der Waals surface area (Å²) in [4.78, 5) is 0. The van der Waals surface area contributed by atoms with Gasteiger partial charge in [-0.2, -0.15) is 0 Å². The number of hydrogen-bond donors (Lipinski definition) is 0. The summed E-state index contributed by atoms with van der Waals surface area (Å²) >= 11 is -0.0577. The zero-order valence-electron chi connectivity index (χ0n) is 11.5. The molecule has 0 aliphatic heterocycles. The summed E-state index contributed by atoms with van der Waals surface area (Å²) in [6.45, 7) is 2.12. The van der Waals surface area contributed by atoms with Crippen LogP contribution in [0, 0.1) is 14.1 Å². The average Bonchev–Trinajstić information content (AvgIpc) is 2.40. The fourth-order valence-electron chi connectivity index (χ4n) is 1.36. The summed E-state index contributed by atoms with van der Waals surface area (Å²) in [5.74, 6) is 0.927. The van der Waals surface area contributed by atoms with Crippen molar-refractivity contribution >= 4 is 7.25 Å². The maximum atomic E-state index is 9.75. The molecule has 0 aliphatic carbocycles. The highest BCUT2D eigenvalue weighted by atomic mass is 127. The van der Waals surface area contributed by atoms with Crippen molar-refractivity contribution in [2.24, 2.45) is 0 Å². The van der Waals surface area contributed by atoms with E-state index in [9.17, 15) is 17.3 Å². The number of methoxy groups -OCH3 is 1. The van der Waals surface area contributed by atoms with Crippen LogP contribution in [-0.2, 0) is 0 Å². The van der Waals surface area contributed by atoms with E-state index in [1.54, 1.807) is 7.11 Å². The minimum absolute atomic E-state index is 0.0577. The van der Waals surface area contributed by atoms with Gasteiger partial charge in [0.2, 0.25) is 0 Å². The van der Waals surface area contributed by atoms with Crippen molar-refractivity contribution in [3.8, 4) is 5.75 Å². The van der Waals surface area contributed by atoms with E-state index in [0.717, 1.165) is 5.75 Å². The molecule has 114 valence electrons. The normalized spacial score (nSPS) is 10.6. The second-order valence-corrected chi connectivity index (χ2v) is 7.07. The van der Waals surface area contributed by atoms with E-state index in [0.29, 0.717) is 0 Å². The van der Waals surface area contributed by atoms with Gasteiger partial charge < -0.3 is 22.0 Å². The SMILES string of the molecule is COc1ccc([I+]c2ccc(C)cc2)cc1.F[B-](F)(F)F. The summed E-state index contributed by atoms with van der Waals surface area (Å²) in [7, 11) is -4.30. The third kappa shape index (κ3) is 8.59. The third-order valence-electron chi connectivity index (χ3n) is 2.28. The molecule has 21 heavy (non-hydrogen) atoms. The lowest BCUT2D eigenvalue weighted by atomic mass is 10.2. The van der Waals surface area contributed by atoms with Crippen molar-refractivity contribution in [2.75, 3.05) is 7.11 Å². The van der Waals surface area contributed by atoms with Gasteiger partial charge in [-0.1, -0.05) is 17.7 Å². The quantitative estimate of drug-likeness (QED) is 0.422. The Morgan fingerprint density at radius 1 is 0.810 bits per heavy atom. The van der Waals surface area contributed by atoms with Crippen molar-refractivity contribution < 1.29 is 43.2 Å². The van der Waals surface area contributed by atoms with Crippen molar-refractivity contribution in [1.29, 1.82) is 0 Å². The monoisotopic (exact) mass is 412 g/mol. The molecule has 0 spiro atoms. The number of halogens is 5. The topological polar surface area (TPSA) is 9.23 Å². The van der Waals surface area contributed by atoms with E-state index >= 15 is 0 Å². The smallest absolute Gasteiger partial charge is 0.497 e. The molecule has 0 saturated carbocycles. The molecule has 0 saturated heterocycles. The summed E-state index contributed by atoms with van der Waals surface area (Å²) in [5.41, 5.74) is 1.32. The Bertz CT molecular complexity index is 534. The first-order valence-corrected chi connectivity index (χ1v) is 8.16. The highest BCUT2D eigenvalue weighted by molar-refractivity contribution is 6.50. The highest BCUT2D eigenvalue weighted by Gasteiger charge is 2.20. The van der Waals surface area contributed by atoms with Crippen molar-refractivity contribution in [2.45, 2.75) is 6.92 Å². The predicted octanol–water partition coefficient (Wildman–Crippen LogP) is 1.43. The average molecular weight is 412 g/mol. The minimum atomic E-state index is -6.00. The standard InChI is InChI=1S/C14H14IO.BF4/c1-11-3-5-12(6-4-11)15-13-7-9-14(16-2)10-8-13;2-1(3,4)5/h3-10H,1-2H3;/q+1;-1. The van der Waals surface area contributed by atoms with Crippen LogP contribution < -0.4 is 25.9 Å². The number of benzene rings is 2. The number of rotatable bonds is 3. The van der Waals surface area contributed by atoms with Crippen LogP contribution in [0.15, 0.2) is 48.5 Å². The molecule has 2 aromatic carbocycles. The Balaban J connectivity index is 0.000000383. The fraction of sp³-hybridized carbons (Fsp3) is 0.143. The molecule has 0 aliphatic rings. The van der Waals surface area contributed by atoms with Crippen LogP contribution in [0.3, 0.4) is 0 Å². The molecular weight excluding hydrogens is 398 g/mol. The molecule has 0 radical (unpaired) electrons. The maximum Gasteiger partial charge on any atom is 0.673 e. The molecule has 0 unspecified atom stereocenters. The molecule has 0 aromatic heterocycles. The molecule has 0 heterocycles. The second kappa shape index (κ2) is 8.26. The molecule has 7 heteroatoms. The van der Waals surface area contributed by atoms with Gasteiger partial charge in [0.1, 0.15) is 5.75 Å². The lowest BCUT2D eigenvalue weighted by molar-refractivity contribution is -0.597. The van der Waals surface area contributed by atoms with Gasteiger partial charge in [0.25, 0.3) is 0 Å². The van der Waals surface area contributed by atoms with E-state index in [1.165, 1.54) is 12.7 Å². The summed E-state index contributed by atoms with van der Waals surface area (Å²) in [5, 5.41) is 0. The van der Waals surface area contributed by atoms with Crippen LogP contribution in [-0.4, -0.2) is 14.4 Å². The van der Waals surface area contributed by atoms with Crippen molar-refractivity contribution in [1.82, 2.24) is 0 Å².